The largest absolute Gasteiger partial charge is 0.390 e. The lowest BCUT2D eigenvalue weighted by atomic mass is 10.0. The normalized spacial score (nSPS) is 31.7. The molecule has 0 bridgehead atoms. The Labute approximate surface area is 104 Å². The van der Waals surface area contributed by atoms with Crippen LogP contribution in [-0.4, -0.2) is 40.6 Å². The third-order valence-corrected chi connectivity index (χ3v) is 3.14. The van der Waals surface area contributed by atoms with E-state index in [0.717, 1.165) is 0 Å². The molecule has 18 heavy (non-hydrogen) atoms. The number of hydrogen-bond donors (Lipinski definition) is 2. The Morgan fingerprint density at radius 2 is 2.39 bits per heavy atom. The zero-order chi connectivity index (χ0) is 13.3. The van der Waals surface area contributed by atoms with E-state index < -0.39 is 24.1 Å². The lowest BCUT2D eigenvalue weighted by Crippen LogP contribution is -2.31. The second kappa shape index (κ2) is 5.05. The van der Waals surface area contributed by atoms with Crippen molar-refractivity contribution in [3.63, 3.8) is 0 Å². The summed E-state index contributed by atoms with van der Waals surface area (Å²) in [5, 5.41) is 10.0. The Kier molecular flexibility index (Phi) is 3.65. The highest BCUT2D eigenvalue weighted by molar-refractivity contribution is 5.23. The van der Waals surface area contributed by atoms with Crippen LogP contribution in [0.25, 0.3) is 0 Å². The first-order valence-electron chi connectivity index (χ1n) is 5.71. The lowest BCUT2D eigenvalue weighted by Gasteiger charge is -2.17. The van der Waals surface area contributed by atoms with Crippen molar-refractivity contribution in [3.05, 3.63) is 22.7 Å². The molecule has 0 aliphatic carbocycles. The highest BCUT2D eigenvalue weighted by Gasteiger charge is 2.42. The number of aliphatic hydroxyl groups excluding tert-OH is 1. The maximum Gasteiger partial charge on any atom is 0.351 e. The summed E-state index contributed by atoms with van der Waals surface area (Å²) in [5.74, 6) is -0.0656. The van der Waals surface area contributed by atoms with E-state index in [1.807, 2.05) is 6.92 Å². The molecule has 0 radical (unpaired) electrons. The molecular formula is C11H17N3O4. The van der Waals surface area contributed by atoms with Gasteiger partial charge in [-0.1, -0.05) is 6.92 Å². The highest BCUT2D eigenvalue weighted by Crippen LogP contribution is 2.33. The minimum absolute atomic E-state index is 0.163. The first kappa shape index (κ1) is 13.0. The molecule has 1 aliphatic heterocycles. The highest BCUT2D eigenvalue weighted by atomic mass is 16.6. The molecule has 1 aliphatic rings. The number of nitrogen functional groups attached to an aromatic ring is 1. The summed E-state index contributed by atoms with van der Waals surface area (Å²) in [6.45, 7) is 2.09. The van der Waals surface area contributed by atoms with Gasteiger partial charge in [-0.15, -0.1) is 0 Å². The molecule has 0 amide bonds. The third-order valence-electron chi connectivity index (χ3n) is 3.14. The van der Waals surface area contributed by atoms with E-state index in [1.165, 1.54) is 23.9 Å². The average molecular weight is 255 g/mol. The van der Waals surface area contributed by atoms with Gasteiger partial charge >= 0.3 is 5.69 Å². The zero-order valence-electron chi connectivity index (χ0n) is 10.3. The van der Waals surface area contributed by atoms with Crippen LogP contribution in [-0.2, 0) is 9.47 Å². The predicted octanol–water partition coefficient (Wildman–Crippen LogP) is -0.634. The predicted molar refractivity (Wildman–Crippen MR) is 63.9 cm³/mol. The Morgan fingerprint density at radius 1 is 1.67 bits per heavy atom. The molecular weight excluding hydrogens is 238 g/mol. The molecule has 1 unspecified atom stereocenters. The Hall–Kier alpha value is -1.44. The van der Waals surface area contributed by atoms with Crippen LogP contribution in [0.15, 0.2) is 17.1 Å². The molecule has 0 saturated carbocycles. The number of nitrogens with two attached hydrogens (primary N) is 1. The Morgan fingerprint density at radius 3 is 3.00 bits per heavy atom. The van der Waals surface area contributed by atoms with E-state index in [0.29, 0.717) is 0 Å². The van der Waals surface area contributed by atoms with Crippen LogP contribution in [0, 0.1) is 5.92 Å². The summed E-state index contributed by atoms with van der Waals surface area (Å²) in [6, 6.07) is 1.52. The van der Waals surface area contributed by atoms with Gasteiger partial charge in [0, 0.05) is 19.2 Å². The fourth-order valence-electron chi connectivity index (χ4n) is 2.13. The molecule has 2 heterocycles. The smallest absolute Gasteiger partial charge is 0.351 e. The zero-order valence-corrected chi connectivity index (χ0v) is 10.3. The second-order valence-electron chi connectivity index (χ2n) is 4.41. The Bertz CT molecular complexity index is 476. The fraction of sp³-hybridized carbons (Fsp3) is 0.636. The maximum atomic E-state index is 11.7. The van der Waals surface area contributed by atoms with Crippen LogP contribution in [0.1, 0.15) is 13.2 Å². The summed E-state index contributed by atoms with van der Waals surface area (Å²) < 4.78 is 11.9. The summed E-state index contributed by atoms with van der Waals surface area (Å²) >= 11 is 0. The van der Waals surface area contributed by atoms with E-state index in [1.54, 1.807) is 0 Å². The van der Waals surface area contributed by atoms with Crippen molar-refractivity contribution in [3.8, 4) is 0 Å². The van der Waals surface area contributed by atoms with Gasteiger partial charge in [0.1, 0.15) is 18.1 Å². The molecule has 3 N–H and O–H groups in total. The van der Waals surface area contributed by atoms with Gasteiger partial charge in [0.05, 0.1) is 12.7 Å². The number of aromatic nitrogens is 2. The molecule has 1 saturated heterocycles. The van der Waals surface area contributed by atoms with E-state index in [9.17, 15) is 9.90 Å². The minimum atomic E-state index is -0.681. The number of ether oxygens (including phenoxy) is 2. The monoisotopic (exact) mass is 255 g/mol. The number of anilines is 1. The van der Waals surface area contributed by atoms with Crippen LogP contribution < -0.4 is 11.4 Å². The van der Waals surface area contributed by atoms with Crippen LogP contribution in [0.2, 0.25) is 0 Å². The van der Waals surface area contributed by atoms with Gasteiger partial charge in [0.25, 0.3) is 0 Å². The number of aliphatic hydroxyl groups is 1. The van der Waals surface area contributed by atoms with E-state index in [2.05, 4.69) is 4.98 Å². The van der Waals surface area contributed by atoms with Crippen molar-refractivity contribution < 1.29 is 14.6 Å². The summed E-state index contributed by atoms with van der Waals surface area (Å²) in [5.41, 5.74) is 4.94. The van der Waals surface area contributed by atoms with Gasteiger partial charge < -0.3 is 20.3 Å². The van der Waals surface area contributed by atoms with Crippen LogP contribution >= 0.6 is 0 Å². The molecule has 1 fully saturated rings. The standard InChI is InChI=1S/C11H17N3O4/c1-6-9(15)7(5-17-2)18-10(6)14-4-3-8(12)13-11(14)16/h3-4,6-7,9-10,15H,5H2,1-2H3,(H2,12,13,16)/t6?,7-,9+,10-/m1/s1. The van der Waals surface area contributed by atoms with Crippen molar-refractivity contribution in [2.24, 2.45) is 5.92 Å². The Balaban J connectivity index is 2.26. The molecule has 2 rings (SSSR count). The van der Waals surface area contributed by atoms with Gasteiger partial charge in [0.15, 0.2) is 0 Å². The quantitative estimate of drug-likeness (QED) is 0.745. The molecule has 1 aromatic heterocycles. The van der Waals surface area contributed by atoms with Gasteiger partial charge in [-0.2, -0.15) is 4.98 Å². The lowest BCUT2D eigenvalue weighted by molar-refractivity contribution is -0.0560. The topological polar surface area (TPSA) is 99.6 Å². The van der Waals surface area contributed by atoms with Crippen molar-refractivity contribution in [1.29, 1.82) is 0 Å². The first-order chi connectivity index (χ1) is 8.54. The van der Waals surface area contributed by atoms with Gasteiger partial charge in [-0.25, -0.2) is 4.79 Å². The molecule has 0 aromatic carbocycles. The van der Waals surface area contributed by atoms with Gasteiger partial charge in [-0.3, -0.25) is 4.57 Å². The second-order valence-corrected chi connectivity index (χ2v) is 4.41. The molecule has 100 valence electrons. The maximum absolute atomic E-state index is 11.7. The molecule has 7 nitrogen and oxygen atoms in total. The van der Waals surface area contributed by atoms with Crippen LogP contribution in [0.4, 0.5) is 5.82 Å². The molecule has 1 aromatic rings. The number of hydrogen-bond acceptors (Lipinski definition) is 6. The third kappa shape index (κ3) is 2.24. The van der Waals surface area contributed by atoms with Crippen molar-refractivity contribution in [2.45, 2.75) is 25.4 Å². The summed E-state index contributed by atoms with van der Waals surface area (Å²) in [7, 11) is 1.53. The van der Waals surface area contributed by atoms with E-state index >= 15 is 0 Å². The van der Waals surface area contributed by atoms with Crippen LogP contribution in [0.3, 0.4) is 0 Å². The molecule has 4 atom stereocenters. The summed E-state index contributed by atoms with van der Waals surface area (Å²) in [6.07, 6.45) is -0.159. The van der Waals surface area contributed by atoms with Crippen molar-refractivity contribution >= 4 is 5.82 Å². The fourth-order valence-corrected chi connectivity index (χ4v) is 2.13. The molecule has 0 spiro atoms. The van der Waals surface area contributed by atoms with Crippen molar-refractivity contribution in [1.82, 2.24) is 9.55 Å². The van der Waals surface area contributed by atoms with Crippen LogP contribution in [0.5, 0.6) is 0 Å². The SMILES string of the molecule is COC[C@H]1O[C@@H](n2ccc(N)nc2=O)C(C)[C@@H]1O. The summed E-state index contributed by atoms with van der Waals surface area (Å²) in [4.78, 5) is 15.4. The van der Waals surface area contributed by atoms with Gasteiger partial charge in [0.2, 0.25) is 0 Å². The number of methoxy groups -OCH3 is 1. The van der Waals surface area contributed by atoms with E-state index in [-0.39, 0.29) is 18.3 Å². The van der Waals surface area contributed by atoms with Gasteiger partial charge in [-0.05, 0) is 6.07 Å². The minimum Gasteiger partial charge on any atom is -0.390 e. The first-order valence-corrected chi connectivity index (χ1v) is 5.71. The number of rotatable bonds is 3. The van der Waals surface area contributed by atoms with E-state index in [4.69, 9.17) is 15.2 Å². The average Bonchev–Trinajstić information content (AvgIpc) is 2.58. The molecule has 7 heteroatoms. The number of nitrogens with zero attached hydrogens (tertiary/aromatic N) is 2. The van der Waals surface area contributed by atoms with Crippen molar-refractivity contribution in [2.75, 3.05) is 19.5 Å².